The molecule has 0 radical (unpaired) electrons. The van der Waals surface area contributed by atoms with Crippen LogP contribution >= 0.6 is 34.8 Å². The standard InChI is InChI=1S/C15H13Cl3OS/c1-10-6-8-11(9-7-10)20(19)15(18)14(17)12-4-2-3-5-13(12)16/h2-9,14-15H,1H3/t14-,15+,20?/m1/s1. The lowest BCUT2D eigenvalue weighted by molar-refractivity contribution is 0.679. The second-order valence-corrected chi connectivity index (χ2v) is 7.57. The first kappa shape index (κ1) is 15.8. The molecular formula is C15H13Cl3OS. The Labute approximate surface area is 136 Å². The monoisotopic (exact) mass is 346 g/mol. The zero-order valence-corrected chi connectivity index (χ0v) is 13.8. The van der Waals surface area contributed by atoms with E-state index >= 15 is 0 Å². The first-order valence-electron chi connectivity index (χ1n) is 6.00. The van der Waals surface area contributed by atoms with E-state index in [1.165, 1.54) is 0 Å². The van der Waals surface area contributed by atoms with Crippen LogP contribution in [0, 0.1) is 6.92 Å². The lowest BCUT2D eigenvalue weighted by Gasteiger charge is -2.17. The summed E-state index contributed by atoms with van der Waals surface area (Å²) in [5, 5.41) is -0.0911. The van der Waals surface area contributed by atoms with E-state index in [4.69, 9.17) is 34.8 Å². The van der Waals surface area contributed by atoms with Crippen LogP contribution in [-0.4, -0.2) is 8.92 Å². The van der Waals surface area contributed by atoms with Gasteiger partial charge in [-0.05, 0) is 30.7 Å². The second kappa shape index (κ2) is 6.95. The molecule has 0 spiro atoms. The van der Waals surface area contributed by atoms with E-state index in [2.05, 4.69) is 0 Å². The highest BCUT2D eigenvalue weighted by Gasteiger charge is 2.27. The van der Waals surface area contributed by atoms with Gasteiger partial charge in [0.2, 0.25) is 0 Å². The zero-order valence-electron chi connectivity index (χ0n) is 10.7. The summed E-state index contributed by atoms with van der Waals surface area (Å²) >= 11 is 18.7. The summed E-state index contributed by atoms with van der Waals surface area (Å²) in [7, 11) is -1.40. The van der Waals surface area contributed by atoms with Crippen molar-refractivity contribution in [3.05, 3.63) is 64.7 Å². The summed E-state index contributed by atoms with van der Waals surface area (Å²) in [6, 6.07) is 14.6. The van der Waals surface area contributed by atoms with Crippen molar-refractivity contribution in [2.45, 2.75) is 21.9 Å². The molecular weight excluding hydrogens is 335 g/mol. The molecule has 106 valence electrons. The number of halogens is 3. The Bertz CT molecular complexity index is 613. The van der Waals surface area contributed by atoms with Gasteiger partial charge in [0, 0.05) is 9.92 Å². The fraction of sp³-hybridized carbons (Fsp3) is 0.200. The minimum absolute atomic E-state index is 0.527. The van der Waals surface area contributed by atoms with E-state index in [0.717, 1.165) is 5.56 Å². The highest BCUT2D eigenvalue weighted by molar-refractivity contribution is 7.87. The molecule has 0 bridgehead atoms. The number of aryl methyl sites for hydroxylation is 1. The van der Waals surface area contributed by atoms with Gasteiger partial charge < -0.3 is 0 Å². The van der Waals surface area contributed by atoms with Gasteiger partial charge in [-0.3, -0.25) is 4.21 Å². The quantitative estimate of drug-likeness (QED) is 0.686. The molecule has 2 aromatic carbocycles. The molecule has 1 nitrogen and oxygen atoms in total. The Morgan fingerprint density at radius 2 is 1.60 bits per heavy atom. The van der Waals surface area contributed by atoms with Gasteiger partial charge in [0.25, 0.3) is 0 Å². The minimum Gasteiger partial charge on any atom is -0.253 e. The van der Waals surface area contributed by atoms with Crippen molar-refractivity contribution >= 4 is 45.6 Å². The van der Waals surface area contributed by atoms with Crippen LogP contribution in [0.15, 0.2) is 53.4 Å². The average molecular weight is 348 g/mol. The fourth-order valence-electron chi connectivity index (χ4n) is 1.75. The third kappa shape index (κ3) is 3.56. The molecule has 0 aliphatic heterocycles. The molecule has 1 unspecified atom stereocenters. The summed E-state index contributed by atoms with van der Waals surface area (Å²) in [4.78, 5) is 0.660. The molecule has 0 aromatic heterocycles. The van der Waals surface area contributed by atoms with E-state index in [-0.39, 0.29) is 0 Å². The third-order valence-corrected chi connectivity index (χ3v) is 6.16. The van der Waals surface area contributed by atoms with Gasteiger partial charge >= 0.3 is 0 Å². The molecule has 0 heterocycles. The molecule has 0 N–H and O–H groups in total. The van der Waals surface area contributed by atoms with Crippen LogP contribution in [0.2, 0.25) is 5.02 Å². The smallest absolute Gasteiger partial charge is 0.134 e. The van der Waals surface area contributed by atoms with E-state index in [0.29, 0.717) is 15.5 Å². The molecule has 0 saturated carbocycles. The number of alkyl halides is 2. The third-order valence-electron chi connectivity index (χ3n) is 2.89. The first-order chi connectivity index (χ1) is 9.50. The van der Waals surface area contributed by atoms with Crippen molar-refractivity contribution in [3.8, 4) is 0 Å². The van der Waals surface area contributed by atoms with Crippen molar-refractivity contribution in [1.29, 1.82) is 0 Å². The van der Waals surface area contributed by atoms with E-state index in [1.807, 2.05) is 31.2 Å². The van der Waals surface area contributed by atoms with Crippen LogP contribution in [0.5, 0.6) is 0 Å². The molecule has 0 amide bonds. The fourth-order valence-corrected chi connectivity index (χ4v) is 4.00. The predicted octanol–water partition coefficient (Wildman–Crippen LogP) is 5.30. The van der Waals surface area contributed by atoms with E-state index in [1.54, 1.807) is 24.3 Å². The van der Waals surface area contributed by atoms with Crippen LogP contribution in [0.4, 0.5) is 0 Å². The Morgan fingerprint density at radius 1 is 1.00 bits per heavy atom. The maximum atomic E-state index is 12.4. The summed E-state index contributed by atoms with van der Waals surface area (Å²) < 4.78 is 11.7. The number of hydrogen-bond donors (Lipinski definition) is 0. The van der Waals surface area contributed by atoms with Gasteiger partial charge in [-0.15, -0.1) is 23.2 Å². The van der Waals surface area contributed by atoms with Gasteiger partial charge in [-0.25, -0.2) is 0 Å². The molecule has 20 heavy (non-hydrogen) atoms. The highest BCUT2D eigenvalue weighted by atomic mass is 35.5. The lowest BCUT2D eigenvalue weighted by Crippen LogP contribution is -2.15. The molecule has 5 heteroatoms. The topological polar surface area (TPSA) is 17.1 Å². The number of hydrogen-bond acceptors (Lipinski definition) is 1. The second-order valence-electron chi connectivity index (χ2n) is 4.38. The largest absolute Gasteiger partial charge is 0.253 e. The number of rotatable bonds is 4. The Balaban J connectivity index is 2.22. The Hall–Kier alpha value is -0.540. The maximum absolute atomic E-state index is 12.4. The zero-order chi connectivity index (χ0) is 14.7. The highest BCUT2D eigenvalue weighted by Crippen LogP contribution is 2.36. The van der Waals surface area contributed by atoms with Crippen LogP contribution in [-0.2, 0) is 10.8 Å². The normalized spacial score (nSPS) is 15.6. The molecule has 0 saturated heterocycles. The molecule has 3 atom stereocenters. The van der Waals surface area contributed by atoms with Gasteiger partial charge in [0.1, 0.15) is 4.71 Å². The van der Waals surface area contributed by atoms with Crippen LogP contribution in [0.25, 0.3) is 0 Å². The number of benzene rings is 2. The van der Waals surface area contributed by atoms with Crippen molar-refractivity contribution < 1.29 is 4.21 Å². The SMILES string of the molecule is Cc1ccc(S(=O)[C@H](Cl)[C@H](Cl)c2ccccc2Cl)cc1. The Kier molecular flexibility index (Phi) is 5.50. The van der Waals surface area contributed by atoms with Crippen molar-refractivity contribution in [2.75, 3.05) is 0 Å². The van der Waals surface area contributed by atoms with Crippen LogP contribution in [0.1, 0.15) is 16.5 Å². The molecule has 0 fully saturated rings. The molecule has 0 aliphatic rings. The summed E-state index contributed by atoms with van der Waals surface area (Å²) in [5.41, 5.74) is 1.79. The van der Waals surface area contributed by atoms with Crippen molar-refractivity contribution in [1.82, 2.24) is 0 Å². The summed E-state index contributed by atoms with van der Waals surface area (Å²) in [6.07, 6.45) is 0. The van der Waals surface area contributed by atoms with Crippen LogP contribution in [0.3, 0.4) is 0 Å². The molecule has 0 aliphatic carbocycles. The van der Waals surface area contributed by atoms with Crippen molar-refractivity contribution in [3.63, 3.8) is 0 Å². The van der Waals surface area contributed by atoms with Gasteiger partial charge in [-0.1, -0.05) is 47.5 Å². The maximum Gasteiger partial charge on any atom is 0.134 e. The van der Waals surface area contributed by atoms with Crippen LogP contribution < -0.4 is 0 Å². The minimum atomic E-state index is -1.40. The Morgan fingerprint density at radius 3 is 2.20 bits per heavy atom. The van der Waals surface area contributed by atoms with E-state index in [9.17, 15) is 4.21 Å². The van der Waals surface area contributed by atoms with Gasteiger partial charge in [0.15, 0.2) is 0 Å². The first-order valence-corrected chi connectivity index (χ1v) is 8.47. The lowest BCUT2D eigenvalue weighted by atomic mass is 10.2. The van der Waals surface area contributed by atoms with Crippen molar-refractivity contribution in [2.24, 2.45) is 0 Å². The van der Waals surface area contributed by atoms with Gasteiger partial charge in [0.05, 0.1) is 16.2 Å². The average Bonchev–Trinajstić information content (AvgIpc) is 2.46. The molecule has 2 aromatic rings. The summed E-state index contributed by atoms with van der Waals surface area (Å²) in [5.74, 6) is 0. The molecule has 2 rings (SSSR count). The predicted molar refractivity (Wildman–Crippen MR) is 87.3 cm³/mol. The summed E-state index contributed by atoms with van der Waals surface area (Å²) in [6.45, 7) is 1.97. The van der Waals surface area contributed by atoms with Gasteiger partial charge in [-0.2, -0.15) is 0 Å². The van der Waals surface area contributed by atoms with E-state index < -0.39 is 20.9 Å².